The zero-order valence-electron chi connectivity index (χ0n) is 15.8. The van der Waals surface area contributed by atoms with Crippen molar-refractivity contribution < 1.29 is 32.6 Å². The Bertz CT molecular complexity index is 866. The number of rotatable bonds is 7. The van der Waals surface area contributed by atoms with Gasteiger partial charge in [-0.05, 0) is 56.2 Å². The lowest BCUT2D eigenvalue weighted by molar-refractivity contribution is -0.123. The summed E-state index contributed by atoms with van der Waals surface area (Å²) in [5.74, 6) is -2.87. The molecule has 1 saturated heterocycles. The van der Waals surface area contributed by atoms with Gasteiger partial charge in [0.1, 0.15) is 12.4 Å². The molecule has 0 aromatic heterocycles. The molecule has 3 rings (SSSR count). The number of hydrogen-bond donors (Lipinski definition) is 1. The topological polar surface area (TPSA) is 73.9 Å². The van der Waals surface area contributed by atoms with Crippen molar-refractivity contribution in [3.05, 3.63) is 59.7 Å². The van der Waals surface area contributed by atoms with Crippen LogP contribution in [0.3, 0.4) is 0 Å². The molecule has 2 atom stereocenters. The van der Waals surface area contributed by atoms with Gasteiger partial charge in [0.25, 0.3) is 5.91 Å². The smallest absolute Gasteiger partial charge is 0.338 e. The molecule has 6 nitrogen and oxygen atoms in total. The summed E-state index contributed by atoms with van der Waals surface area (Å²) < 4.78 is 42.4. The molecule has 8 heteroatoms. The third-order valence-corrected chi connectivity index (χ3v) is 4.39. The van der Waals surface area contributed by atoms with Gasteiger partial charge in [-0.25, -0.2) is 13.6 Å². The monoisotopic (exact) mass is 405 g/mol. The predicted octanol–water partition coefficient (Wildman–Crippen LogP) is 3.71. The summed E-state index contributed by atoms with van der Waals surface area (Å²) in [6.07, 6.45) is 0.954. The normalized spacial score (nSPS) is 16.9. The number of carbonyl (C=O) groups excluding carboxylic acids is 2. The second kappa shape index (κ2) is 9.47. The van der Waals surface area contributed by atoms with Crippen molar-refractivity contribution in [3.63, 3.8) is 0 Å². The summed E-state index contributed by atoms with van der Waals surface area (Å²) in [6, 6.07) is 9.29. The molecule has 0 radical (unpaired) electrons. The SMILES string of the molecule is C[C@@H](OC(=O)c1ccc(OC[C@H]2CCCO2)cc1)C(=O)Nc1ccc(F)c(F)c1. The number of halogens is 2. The molecule has 1 amide bonds. The number of esters is 1. The van der Waals surface area contributed by atoms with Gasteiger partial charge >= 0.3 is 5.97 Å². The van der Waals surface area contributed by atoms with E-state index in [0.717, 1.165) is 31.6 Å². The third-order valence-electron chi connectivity index (χ3n) is 4.39. The largest absolute Gasteiger partial charge is 0.491 e. The molecule has 1 aliphatic rings. The second-order valence-electron chi connectivity index (χ2n) is 6.64. The molecule has 0 aliphatic carbocycles. The highest BCUT2D eigenvalue weighted by molar-refractivity contribution is 5.97. The standard InChI is InChI=1S/C21H21F2NO5/c1-13(20(25)24-15-6-9-18(22)19(23)11-15)29-21(26)14-4-7-16(8-5-14)28-12-17-3-2-10-27-17/h4-9,11,13,17H,2-3,10,12H2,1H3,(H,24,25)/t13-,17-/m1/s1. The summed E-state index contributed by atoms with van der Waals surface area (Å²) >= 11 is 0. The molecule has 0 unspecified atom stereocenters. The van der Waals surface area contributed by atoms with Crippen molar-refractivity contribution in [2.24, 2.45) is 0 Å². The summed E-state index contributed by atoms with van der Waals surface area (Å²) in [4.78, 5) is 24.3. The Hall–Kier alpha value is -3.00. The first-order valence-electron chi connectivity index (χ1n) is 9.24. The molecule has 1 fully saturated rings. The average Bonchev–Trinajstić information content (AvgIpc) is 3.23. The molecule has 154 valence electrons. The number of anilines is 1. The Morgan fingerprint density at radius 1 is 1.17 bits per heavy atom. The number of carbonyl (C=O) groups is 2. The highest BCUT2D eigenvalue weighted by atomic mass is 19.2. The minimum Gasteiger partial charge on any atom is -0.491 e. The maximum absolute atomic E-state index is 13.2. The van der Waals surface area contributed by atoms with Gasteiger partial charge in [-0.15, -0.1) is 0 Å². The fourth-order valence-electron chi connectivity index (χ4n) is 2.75. The summed E-state index contributed by atoms with van der Waals surface area (Å²) in [5.41, 5.74) is 0.312. The van der Waals surface area contributed by atoms with E-state index in [-0.39, 0.29) is 17.4 Å². The van der Waals surface area contributed by atoms with Crippen molar-refractivity contribution in [2.75, 3.05) is 18.5 Å². The van der Waals surface area contributed by atoms with Gasteiger partial charge in [-0.3, -0.25) is 4.79 Å². The van der Waals surface area contributed by atoms with Crippen LogP contribution in [0, 0.1) is 11.6 Å². The lowest BCUT2D eigenvalue weighted by atomic mass is 10.2. The van der Waals surface area contributed by atoms with Crippen molar-refractivity contribution in [2.45, 2.75) is 32.0 Å². The van der Waals surface area contributed by atoms with Gasteiger partial charge in [0.15, 0.2) is 17.7 Å². The Kier molecular flexibility index (Phi) is 6.77. The van der Waals surface area contributed by atoms with Crippen LogP contribution >= 0.6 is 0 Å². The molecule has 29 heavy (non-hydrogen) atoms. The van der Waals surface area contributed by atoms with Crippen LogP contribution in [0.4, 0.5) is 14.5 Å². The maximum atomic E-state index is 13.2. The number of hydrogen-bond acceptors (Lipinski definition) is 5. The zero-order chi connectivity index (χ0) is 20.8. The molecule has 0 bridgehead atoms. The fourth-order valence-corrected chi connectivity index (χ4v) is 2.75. The first-order chi connectivity index (χ1) is 13.9. The van der Waals surface area contributed by atoms with E-state index in [1.165, 1.54) is 25.1 Å². The number of nitrogens with one attached hydrogen (secondary N) is 1. The van der Waals surface area contributed by atoms with Crippen LogP contribution in [0.25, 0.3) is 0 Å². The summed E-state index contributed by atoms with van der Waals surface area (Å²) in [5, 5.41) is 2.36. The van der Waals surface area contributed by atoms with Gasteiger partial charge in [0.2, 0.25) is 0 Å². The van der Waals surface area contributed by atoms with E-state index in [4.69, 9.17) is 14.2 Å². The van der Waals surface area contributed by atoms with Crippen LogP contribution in [-0.4, -0.2) is 37.3 Å². The summed E-state index contributed by atoms with van der Waals surface area (Å²) in [7, 11) is 0. The van der Waals surface area contributed by atoms with Crippen LogP contribution in [0.2, 0.25) is 0 Å². The summed E-state index contributed by atoms with van der Waals surface area (Å²) in [6.45, 7) is 2.58. The van der Waals surface area contributed by atoms with Gasteiger partial charge in [-0.2, -0.15) is 0 Å². The number of amides is 1. The van der Waals surface area contributed by atoms with Crippen molar-refractivity contribution in [3.8, 4) is 5.75 Å². The molecule has 1 N–H and O–H groups in total. The first kappa shape index (κ1) is 20.7. The van der Waals surface area contributed by atoms with E-state index in [2.05, 4.69) is 5.32 Å². The van der Waals surface area contributed by atoms with Crippen molar-refractivity contribution >= 4 is 17.6 Å². The van der Waals surface area contributed by atoms with Gasteiger partial charge in [0.05, 0.1) is 11.7 Å². The minimum absolute atomic E-state index is 0.0598. The molecule has 0 saturated carbocycles. The quantitative estimate of drug-likeness (QED) is 0.711. The predicted molar refractivity (Wildman–Crippen MR) is 101 cm³/mol. The Balaban J connectivity index is 1.50. The average molecular weight is 405 g/mol. The number of ether oxygens (including phenoxy) is 3. The van der Waals surface area contributed by atoms with Crippen LogP contribution in [0.15, 0.2) is 42.5 Å². The Morgan fingerprint density at radius 2 is 1.93 bits per heavy atom. The Labute approximate surface area is 166 Å². The molecule has 0 spiro atoms. The molecular formula is C21H21F2NO5. The van der Waals surface area contributed by atoms with Crippen LogP contribution < -0.4 is 10.1 Å². The van der Waals surface area contributed by atoms with E-state index in [0.29, 0.717) is 12.4 Å². The maximum Gasteiger partial charge on any atom is 0.338 e. The highest BCUT2D eigenvalue weighted by Gasteiger charge is 2.20. The second-order valence-corrected chi connectivity index (χ2v) is 6.64. The van der Waals surface area contributed by atoms with Gasteiger partial charge in [0, 0.05) is 18.4 Å². The first-order valence-corrected chi connectivity index (χ1v) is 9.24. The van der Waals surface area contributed by atoms with E-state index in [1.807, 2.05) is 0 Å². The van der Waals surface area contributed by atoms with Gasteiger partial charge < -0.3 is 19.5 Å². The van der Waals surface area contributed by atoms with Crippen LogP contribution in [0.1, 0.15) is 30.1 Å². The zero-order valence-corrected chi connectivity index (χ0v) is 15.8. The lowest BCUT2D eigenvalue weighted by Crippen LogP contribution is -2.30. The number of benzene rings is 2. The lowest BCUT2D eigenvalue weighted by Gasteiger charge is -2.14. The highest BCUT2D eigenvalue weighted by Crippen LogP contribution is 2.18. The molecule has 1 aliphatic heterocycles. The molecule has 2 aromatic rings. The molecule has 2 aromatic carbocycles. The third kappa shape index (κ3) is 5.74. The van der Waals surface area contributed by atoms with Gasteiger partial charge in [-0.1, -0.05) is 0 Å². The van der Waals surface area contributed by atoms with Crippen molar-refractivity contribution in [1.82, 2.24) is 0 Å². The molecule has 1 heterocycles. The fraction of sp³-hybridized carbons (Fsp3) is 0.333. The van der Waals surface area contributed by atoms with Crippen molar-refractivity contribution in [1.29, 1.82) is 0 Å². The van der Waals surface area contributed by atoms with Crippen LogP contribution in [0.5, 0.6) is 5.75 Å². The van der Waals surface area contributed by atoms with E-state index in [9.17, 15) is 18.4 Å². The van der Waals surface area contributed by atoms with E-state index >= 15 is 0 Å². The van der Waals surface area contributed by atoms with Crippen LogP contribution in [-0.2, 0) is 14.3 Å². The minimum atomic E-state index is -1.13. The molecular weight excluding hydrogens is 384 g/mol. The van der Waals surface area contributed by atoms with E-state index in [1.54, 1.807) is 12.1 Å². The van der Waals surface area contributed by atoms with E-state index < -0.39 is 29.6 Å². The Morgan fingerprint density at radius 3 is 2.59 bits per heavy atom.